The Bertz CT molecular complexity index is 632. The van der Waals surface area contributed by atoms with Crippen LogP contribution < -0.4 is 5.32 Å². The van der Waals surface area contributed by atoms with E-state index in [4.69, 9.17) is 9.84 Å². The summed E-state index contributed by atoms with van der Waals surface area (Å²) in [6.45, 7) is 8.99. The summed E-state index contributed by atoms with van der Waals surface area (Å²) in [5, 5.41) is 11.5. The number of carbonyl (C=O) groups is 3. The third kappa shape index (κ3) is 7.52. The number of hydrogen-bond acceptors (Lipinski definition) is 4. The van der Waals surface area contributed by atoms with E-state index in [1.54, 1.807) is 26.8 Å². The van der Waals surface area contributed by atoms with Gasteiger partial charge in [0.15, 0.2) is 0 Å². The van der Waals surface area contributed by atoms with Gasteiger partial charge in [0.1, 0.15) is 12.1 Å². The zero-order valence-corrected chi connectivity index (χ0v) is 14.7. The highest BCUT2D eigenvalue weighted by atomic mass is 16.6. The molecule has 0 radical (unpaired) electrons. The number of benzene rings is 1. The van der Waals surface area contributed by atoms with Crippen molar-refractivity contribution in [3.8, 4) is 0 Å². The minimum Gasteiger partial charge on any atom is -0.478 e. The monoisotopic (exact) mass is 348 g/mol. The molecule has 2 amide bonds. The topological polar surface area (TPSA) is 95.9 Å². The second kappa shape index (κ2) is 8.86. The number of nitrogens with one attached hydrogen (secondary N) is 1. The molecule has 0 aliphatic heterocycles. The van der Waals surface area contributed by atoms with Gasteiger partial charge in [0.05, 0.1) is 5.56 Å². The highest BCUT2D eigenvalue weighted by Gasteiger charge is 2.23. The molecule has 1 aromatic carbocycles. The standard InChI is InChI=1S/C18H24N2O5/c1-5-6-11-20(17(24)25-18(2,3)4)12-15(21)19-14-9-7-13(8-10-14)16(22)23/h5,7-10H,1,6,11-12H2,2-4H3,(H,19,21)(H,22,23). The smallest absolute Gasteiger partial charge is 0.410 e. The maximum atomic E-state index is 12.2. The Morgan fingerprint density at radius 1 is 1.24 bits per heavy atom. The SMILES string of the molecule is C=CCCN(CC(=O)Nc1ccc(C(=O)O)cc1)C(=O)OC(C)(C)C. The van der Waals surface area contributed by atoms with Crippen molar-refractivity contribution in [3.05, 3.63) is 42.5 Å². The molecule has 0 saturated heterocycles. The zero-order valence-electron chi connectivity index (χ0n) is 14.7. The number of hydrogen-bond donors (Lipinski definition) is 2. The summed E-state index contributed by atoms with van der Waals surface area (Å²) in [6, 6.07) is 5.76. The maximum Gasteiger partial charge on any atom is 0.410 e. The number of amides is 2. The van der Waals surface area contributed by atoms with Gasteiger partial charge in [-0.05, 0) is 51.5 Å². The van der Waals surface area contributed by atoms with Crippen molar-refractivity contribution in [3.63, 3.8) is 0 Å². The predicted octanol–water partition coefficient (Wildman–Crippen LogP) is 3.14. The summed E-state index contributed by atoms with van der Waals surface area (Å²) in [6.07, 6.45) is 1.60. The first-order valence-corrected chi connectivity index (χ1v) is 7.84. The van der Waals surface area contributed by atoms with Crippen molar-refractivity contribution in [2.75, 3.05) is 18.4 Å². The van der Waals surface area contributed by atoms with Crippen molar-refractivity contribution in [2.45, 2.75) is 32.8 Å². The van der Waals surface area contributed by atoms with Gasteiger partial charge >= 0.3 is 12.1 Å². The highest BCUT2D eigenvalue weighted by Crippen LogP contribution is 2.12. The van der Waals surface area contributed by atoms with Gasteiger partial charge in [0.2, 0.25) is 5.91 Å². The molecule has 0 bridgehead atoms. The van der Waals surface area contributed by atoms with E-state index in [9.17, 15) is 14.4 Å². The molecule has 25 heavy (non-hydrogen) atoms. The van der Waals surface area contributed by atoms with Crippen LogP contribution in [0.2, 0.25) is 0 Å². The zero-order chi connectivity index (χ0) is 19.0. The molecular formula is C18H24N2O5. The number of rotatable bonds is 7. The average molecular weight is 348 g/mol. The predicted molar refractivity (Wildman–Crippen MR) is 94.7 cm³/mol. The molecule has 136 valence electrons. The van der Waals surface area contributed by atoms with Gasteiger partial charge in [-0.15, -0.1) is 6.58 Å². The maximum absolute atomic E-state index is 12.2. The summed E-state index contributed by atoms with van der Waals surface area (Å²) in [4.78, 5) is 36.5. The second-order valence-corrected chi connectivity index (χ2v) is 6.41. The van der Waals surface area contributed by atoms with Crippen LogP contribution in [0.3, 0.4) is 0 Å². The summed E-state index contributed by atoms with van der Waals surface area (Å²) in [5.41, 5.74) is -0.0886. The number of carboxylic acid groups (broad SMARTS) is 1. The van der Waals surface area contributed by atoms with Gasteiger partial charge in [0.25, 0.3) is 0 Å². The third-order valence-electron chi connectivity index (χ3n) is 3.00. The van der Waals surface area contributed by atoms with Crippen molar-refractivity contribution >= 4 is 23.7 Å². The molecule has 0 aliphatic rings. The summed E-state index contributed by atoms with van der Waals surface area (Å²) in [5.74, 6) is -1.45. The summed E-state index contributed by atoms with van der Waals surface area (Å²) < 4.78 is 5.30. The van der Waals surface area contributed by atoms with E-state index in [1.165, 1.54) is 29.2 Å². The Labute approximate surface area is 147 Å². The lowest BCUT2D eigenvalue weighted by Gasteiger charge is -2.26. The van der Waals surface area contributed by atoms with Crippen molar-refractivity contribution in [2.24, 2.45) is 0 Å². The van der Waals surface area contributed by atoms with Crippen molar-refractivity contribution in [1.82, 2.24) is 4.90 Å². The van der Waals surface area contributed by atoms with Crippen LogP contribution in [0.25, 0.3) is 0 Å². The number of nitrogens with zero attached hydrogens (tertiary/aromatic N) is 1. The molecule has 7 heteroatoms. The molecule has 0 spiro atoms. The quantitative estimate of drug-likeness (QED) is 0.738. The number of carboxylic acids is 1. The molecule has 1 aromatic rings. The Kier molecular flexibility index (Phi) is 7.17. The third-order valence-corrected chi connectivity index (χ3v) is 3.00. The first kappa shape index (κ1) is 20.2. The summed E-state index contributed by atoms with van der Waals surface area (Å²) >= 11 is 0. The van der Waals surface area contributed by atoms with E-state index in [1.807, 2.05) is 0 Å². The fourth-order valence-electron chi connectivity index (χ4n) is 1.88. The van der Waals surface area contributed by atoms with Gasteiger partial charge in [-0.3, -0.25) is 9.69 Å². The van der Waals surface area contributed by atoms with Crippen LogP contribution in [0.5, 0.6) is 0 Å². The van der Waals surface area contributed by atoms with Gasteiger partial charge in [-0.25, -0.2) is 9.59 Å². The van der Waals surface area contributed by atoms with Crippen LogP contribution in [0.4, 0.5) is 10.5 Å². The Morgan fingerprint density at radius 2 is 1.84 bits per heavy atom. The van der Waals surface area contributed by atoms with Crippen LogP contribution in [0.1, 0.15) is 37.6 Å². The fraction of sp³-hybridized carbons (Fsp3) is 0.389. The highest BCUT2D eigenvalue weighted by molar-refractivity contribution is 5.94. The van der Waals surface area contributed by atoms with Gasteiger partial charge < -0.3 is 15.2 Å². The van der Waals surface area contributed by atoms with Crippen molar-refractivity contribution in [1.29, 1.82) is 0 Å². The molecule has 0 unspecified atom stereocenters. The molecule has 0 aromatic heterocycles. The molecule has 0 fully saturated rings. The van der Waals surface area contributed by atoms with Gasteiger partial charge in [0, 0.05) is 12.2 Å². The largest absolute Gasteiger partial charge is 0.478 e. The van der Waals surface area contributed by atoms with Crippen LogP contribution in [-0.2, 0) is 9.53 Å². The van der Waals surface area contributed by atoms with E-state index in [-0.39, 0.29) is 12.1 Å². The number of ether oxygens (including phenoxy) is 1. The lowest BCUT2D eigenvalue weighted by Crippen LogP contribution is -2.41. The first-order valence-electron chi connectivity index (χ1n) is 7.84. The Hall–Kier alpha value is -2.83. The Morgan fingerprint density at radius 3 is 2.32 bits per heavy atom. The molecular weight excluding hydrogens is 324 g/mol. The molecule has 0 atom stereocenters. The minimum absolute atomic E-state index is 0.124. The Balaban J connectivity index is 2.71. The van der Waals surface area contributed by atoms with Crippen LogP contribution in [0, 0.1) is 0 Å². The normalized spacial score (nSPS) is 10.7. The molecule has 1 rings (SSSR count). The molecule has 2 N–H and O–H groups in total. The molecule has 7 nitrogen and oxygen atoms in total. The fourth-order valence-corrected chi connectivity index (χ4v) is 1.88. The summed E-state index contributed by atoms with van der Waals surface area (Å²) in [7, 11) is 0. The number of carbonyl (C=O) groups excluding carboxylic acids is 2. The second-order valence-electron chi connectivity index (χ2n) is 6.41. The van der Waals surface area contributed by atoms with E-state index in [0.717, 1.165) is 0 Å². The van der Waals surface area contributed by atoms with E-state index >= 15 is 0 Å². The van der Waals surface area contributed by atoms with Crippen LogP contribution >= 0.6 is 0 Å². The van der Waals surface area contributed by atoms with E-state index < -0.39 is 23.6 Å². The number of aromatic carboxylic acids is 1. The number of anilines is 1. The first-order chi connectivity index (χ1) is 11.6. The average Bonchev–Trinajstić information content (AvgIpc) is 2.50. The molecule has 0 saturated carbocycles. The van der Waals surface area contributed by atoms with Gasteiger partial charge in [-0.1, -0.05) is 6.08 Å². The van der Waals surface area contributed by atoms with E-state index in [2.05, 4.69) is 11.9 Å². The lowest BCUT2D eigenvalue weighted by atomic mass is 10.2. The van der Waals surface area contributed by atoms with Crippen LogP contribution in [-0.4, -0.2) is 46.7 Å². The lowest BCUT2D eigenvalue weighted by molar-refractivity contribution is -0.117. The minimum atomic E-state index is -1.04. The van der Waals surface area contributed by atoms with Gasteiger partial charge in [-0.2, -0.15) is 0 Å². The molecule has 0 aliphatic carbocycles. The molecule has 0 heterocycles. The van der Waals surface area contributed by atoms with Crippen molar-refractivity contribution < 1.29 is 24.2 Å². The van der Waals surface area contributed by atoms with Crippen LogP contribution in [0.15, 0.2) is 36.9 Å². The van der Waals surface area contributed by atoms with E-state index in [0.29, 0.717) is 18.7 Å².